The molecule has 2 fully saturated rings. The van der Waals surface area contributed by atoms with Crippen molar-refractivity contribution in [3.63, 3.8) is 0 Å². The predicted molar refractivity (Wildman–Crippen MR) is 166 cm³/mol. The number of fused-ring (bicyclic) bond motifs is 4. The van der Waals surface area contributed by atoms with Crippen LogP contribution in [-0.2, 0) is 0 Å². The van der Waals surface area contributed by atoms with Gasteiger partial charge in [-0.15, -0.1) is 0 Å². The van der Waals surface area contributed by atoms with Crippen LogP contribution in [-0.4, -0.2) is 88.2 Å². The number of ether oxygens (including phenoxy) is 1. The van der Waals surface area contributed by atoms with Gasteiger partial charge < -0.3 is 25.2 Å². The van der Waals surface area contributed by atoms with Crippen LogP contribution in [0, 0.1) is 6.92 Å². The van der Waals surface area contributed by atoms with Crippen LogP contribution in [0.2, 0.25) is 0 Å². The smallest absolute Gasteiger partial charge is 0.229 e. The Morgan fingerprint density at radius 3 is 2.68 bits per heavy atom. The standard InChI is InChI=1S/C30H34BrN9O/c1-19-24(4-5-25-28(19)33-9-8-32-25)36-29-23(31)17-34-30(37-29)35-20-3-6-26-27(15-20)41-18-22-16-21(7-10-40(22)26)39-13-11-38(2)12-14-39/h3-6,8-9,15,17,21-22H,7,10-14,16,18H2,1-2H3,(H2,34,35,36,37). The molecule has 0 radical (unpaired) electrons. The van der Waals surface area contributed by atoms with E-state index in [4.69, 9.17) is 9.72 Å². The fraction of sp³-hybridized carbons (Fsp3) is 0.400. The molecule has 0 bridgehead atoms. The Morgan fingerprint density at radius 2 is 1.80 bits per heavy atom. The van der Waals surface area contributed by atoms with Gasteiger partial charge in [0.25, 0.3) is 0 Å². The topological polar surface area (TPSA) is 94.6 Å². The lowest BCUT2D eigenvalue weighted by atomic mass is 9.93. The predicted octanol–water partition coefficient (Wildman–Crippen LogP) is 4.96. The fourth-order valence-corrected chi connectivity index (χ4v) is 6.53. The van der Waals surface area contributed by atoms with E-state index in [0.29, 0.717) is 23.8 Å². The van der Waals surface area contributed by atoms with Gasteiger partial charge in [-0.2, -0.15) is 4.98 Å². The molecule has 4 aromatic rings. The number of nitrogens with zero attached hydrogens (tertiary/aromatic N) is 7. The highest BCUT2D eigenvalue weighted by atomic mass is 79.9. The SMILES string of the molecule is Cc1c(Nc2nc(Nc3ccc4c(c3)OCC3CC(N5CCN(C)CC5)CCN43)ncc2Br)ccc2nccnc12. The number of likely N-dealkylation sites (N-methyl/N-ethyl adjacent to an activating group) is 1. The molecule has 2 aromatic carbocycles. The number of nitrogens with one attached hydrogen (secondary N) is 2. The van der Waals surface area contributed by atoms with Gasteiger partial charge in [-0.05, 0) is 67.0 Å². The van der Waals surface area contributed by atoms with E-state index in [0.717, 1.165) is 70.9 Å². The van der Waals surface area contributed by atoms with E-state index < -0.39 is 0 Å². The Labute approximate surface area is 248 Å². The van der Waals surface area contributed by atoms with Crippen molar-refractivity contribution in [1.29, 1.82) is 0 Å². The van der Waals surface area contributed by atoms with Crippen molar-refractivity contribution in [3.05, 3.63) is 59.0 Å². The highest BCUT2D eigenvalue weighted by molar-refractivity contribution is 9.10. The Morgan fingerprint density at radius 1 is 0.951 bits per heavy atom. The van der Waals surface area contributed by atoms with E-state index in [1.807, 2.05) is 19.1 Å². The molecule has 0 saturated carbocycles. The van der Waals surface area contributed by atoms with Crippen molar-refractivity contribution in [1.82, 2.24) is 29.7 Å². The lowest BCUT2D eigenvalue weighted by Gasteiger charge is -2.48. The maximum atomic E-state index is 6.31. The average Bonchev–Trinajstić information content (AvgIpc) is 3.00. The molecule has 2 aromatic heterocycles. The minimum atomic E-state index is 0.424. The van der Waals surface area contributed by atoms with E-state index in [9.17, 15) is 0 Å². The molecule has 2 unspecified atom stereocenters. The maximum absolute atomic E-state index is 6.31. The number of piperidine rings is 1. The number of piperazine rings is 1. The first-order valence-electron chi connectivity index (χ1n) is 14.2. The molecule has 0 amide bonds. The van der Waals surface area contributed by atoms with Crippen molar-refractivity contribution in [2.24, 2.45) is 0 Å². The van der Waals surface area contributed by atoms with Gasteiger partial charge in [-0.1, -0.05) is 0 Å². The molecule has 5 heterocycles. The van der Waals surface area contributed by atoms with Crippen molar-refractivity contribution in [3.8, 4) is 5.75 Å². The zero-order valence-corrected chi connectivity index (χ0v) is 24.9. The number of halogens is 1. The van der Waals surface area contributed by atoms with Crippen molar-refractivity contribution in [2.75, 3.05) is 61.9 Å². The summed E-state index contributed by atoms with van der Waals surface area (Å²) in [6.45, 7) is 8.49. The van der Waals surface area contributed by atoms with Crippen LogP contribution in [0.3, 0.4) is 0 Å². The summed E-state index contributed by atoms with van der Waals surface area (Å²) in [4.78, 5) is 25.8. The summed E-state index contributed by atoms with van der Waals surface area (Å²) < 4.78 is 7.08. The van der Waals surface area contributed by atoms with Crippen LogP contribution in [0.15, 0.2) is 53.4 Å². The molecule has 0 aliphatic carbocycles. The van der Waals surface area contributed by atoms with E-state index in [1.54, 1.807) is 18.6 Å². The lowest BCUT2D eigenvalue weighted by Crippen LogP contribution is -2.57. The van der Waals surface area contributed by atoms with Gasteiger partial charge in [0, 0.05) is 80.4 Å². The molecule has 2 saturated heterocycles. The second kappa shape index (κ2) is 11.0. The van der Waals surface area contributed by atoms with Crippen LogP contribution in [0.1, 0.15) is 18.4 Å². The number of anilines is 5. The van der Waals surface area contributed by atoms with Crippen molar-refractivity contribution < 1.29 is 4.74 Å². The molecule has 10 nitrogen and oxygen atoms in total. The van der Waals surface area contributed by atoms with E-state index in [2.05, 4.69) is 81.5 Å². The normalized spacial score (nSPS) is 21.2. The summed E-state index contributed by atoms with van der Waals surface area (Å²) in [5.74, 6) is 2.07. The maximum Gasteiger partial charge on any atom is 0.229 e. The second-order valence-corrected chi connectivity index (χ2v) is 12.0. The van der Waals surface area contributed by atoms with Crippen LogP contribution < -0.4 is 20.3 Å². The molecule has 2 atom stereocenters. The van der Waals surface area contributed by atoms with Gasteiger partial charge in [0.2, 0.25) is 5.95 Å². The van der Waals surface area contributed by atoms with Gasteiger partial charge in [-0.3, -0.25) is 14.9 Å². The summed E-state index contributed by atoms with van der Waals surface area (Å²) in [7, 11) is 2.22. The molecule has 3 aliphatic heterocycles. The molecular formula is C30H34BrN9O. The number of aryl methyl sites for hydroxylation is 1. The molecule has 212 valence electrons. The zero-order valence-electron chi connectivity index (χ0n) is 23.3. The average molecular weight is 617 g/mol. The van der Waals surface area contributed by atoms with Gasteiger partial charge in [0.1, 0.15) is 18.2 Å². The van der Waals surface area contributed by atoms with Crippen LogP contribution >= 0.6 is 15.9 Å². The first-order chi connectivity index (χ1) is 20.0. The summed E-state index contributed by atoms with van der Waals surface area (Å²) in [6.07, 6.45) is 7.52. The monoisotopic (exact) mass is 615 g/mol. The minimum Gasteiger partial charge on any atom is -0.489 e. The van der Waals surface area contributed by atoms with Crippen LogP contribution in [0.25, 0.3) is 11.0 Å². The Bertz CT molecular complexity index is 1580. The molecule has 7 rings (SSSR count). The van der Waals surface area contributed by atoms with Gasteiger partial charge >= 0.3 is 0 Å². The van der Waals surface area contributed by atoms with Crippen molar-refractivity contribution in [2.45, 2.75) is 31.8 Å². The molecule has 41 heavy (non-hydrogen) atoms. The fourth-order valence-electron chi connectivity index (χ4n) is 6.24. The van der Waals surface area contributed by atoms with Crippen LogP contribution in [0.5, 0.6) is 5.75 Å². The van der Waals surface area contributed by atoms with E-state index in [-0.39, 0.29) is 0 Å². The summed E-state index contributed by atoms with van der Waals surface area (Å²) in [5.41, 5.74) is 5.71. The lowest BCUT2D eigenvalue weighted by molar-refractivity contribution is 0.0822. The number of benzene rings is 2. The number of rotatable bonds is 5. The Hall–Kier alpha value is -3.54. The largest absolute Gasteiger partial charge is 0.489 e. The molecule has 3 aliphatic rings. The number of aromatic nitrogens is 4. The summed E-state index contributed by atoms with van der Waals surface area (Å²) in [6, 6.07) is 11.3. The Kier molecular flexibility index (Phi) is 7.09. The molecule has 0 spiro atoms. The zero-order chi connectivity index (χ0) is 27.9. The highest BCUT2D eigenvalue weighted by Gasteiger charge is 2.36. The summed E-state index contributed by atoms with van der Waals surface area (Å²) in [5, 5.41) is 6.79. The third-order valence-corrected chi connectivity index (χ3v) is 9.17. The van der Waals surface area contributed by atoms with Crippen LogP contribution in [0.4, 0.5) is 28.8 Å². The minimum absolute atomic E-state index is 0.424. The first kappa shape index (κ1) is 26.4. The number of hydrogen-bond donors (Lipinski definition) is 2. The quantitative estimate of drug-likeness (QED) is 0.321. The van der Waals surface area contributed by atoms with E-state index in [1.165, 1.54) is 25.2 Å². The number of hydrogen-bond acceptors (Lipinski definition) is 10. The van der Waals surface area contributed by atoms with E-state index >= 15 is 0 Å². The molecule has 11 heteroatoms. The van der Waals surface area contributed by atoms with Gasteiger partial charge in [0.15, 0.2) is 0 Å². The first-order valence-corrected chi connectivity index (χ1v) is 15.0. The Balaban J connectivity index is 1.05. The molecular weight excluding hydrogens is 582 g/mol. The second-order valence-electron chi connectivity index (χ2n) is 11.2. The van der Waals surface area contributed by atoms with Crippen molar-refractivity contribution >= 4 is 55.8 Å². The van der Waals surface area contributed by atoms with Gasteiger partial charge in [-0.25, -0.2) is 4.98 Å². The third kappa shape index (κ3) is 5.29. The molecule has 2 N–H and O–H groups in total. The summed E-state index contributed by atoms with van der Waals surface area (Å²) >= 11 is 3.59. The third-order valence-electron chi connectivity index (χ3n) is 8.59. The van der Waals surface area contributed by atoms with Gasteiger partial charge in [0.05, 0.1) is 27.2 Å². The highest BCUT2D eigenvalue weighted by Crippen LogP contribution is 2.40.